The Morgan fingerprint density at radius 1 is 1.81 bits per heavy atom. The van der Waals surface area contributed by atoms with Crippen LogP contribution in [0.25, 0.3) is 0 Å². The molecule has 1 amide bonds. The highest BCUT2D eigenvalue weighted by Gasteiger charge is 2.36. The summed E-state index contributed by atoms with van der Waals surface area (Å²) in [6.45, 7) is -1.43. The molecule has 0 radical (unpaired) electrons. The molecule has 2 unspecified atom stereocenters. The predicted molar refractivity (Wildman–Crippen MR) is 55.3 cm³/mol. The molecule has 0 aromatic heterocycles. The molecule has 16 heavy (non-hydrogen) atoms. The molecular weight excluding hydrogens is 214 g/mol. The average molecular weight is 227 g/mol. The summed E-state index contributed by atoms with van der Waals surface area (Å²) in [6.07, 6.45) is 1.39. The van der Waals surface area contributed by atoms with Crippen LogP contribution in [0.2, 0.25) is 0 Å². The summed E-state index contributed by atoms with van der Waals surface area (Å²) in [6, 6.07) is -0.742. The first-order valence-electron chi connectivity index (χ1n) is 5.11. The molecule has 0 aliphatic carbocycles. The van der Waals surface area contributed by atoms with E-state index >= 15 is 0 Å². The number of hydrogen-bond acceptors (Lipinski definition) is 6. The van der Waals surface area contributed by atoms with E-state index in [-0.39, 0.29) is 19.3 Å². The van der Waals surface area contributed by atoms with Crippen molar-refractivity contribution in [2.45, 2.75) is 6.04 Å². The van der Waals surface area contributed by atoms with Crippen molar-refractivity contribution in [3.63, 3.8) is 0 Å². The number of carbonyl (C=O) groups excluding carboxylic acids is 1. The van der Waals surface area contributed by atoms with Gasteiger partial charge in [-0.2, -0.15) is 4.99 Å². The van der Waals surface area contributed by atoms with Gasteiger partial charge in [0.15, 0.2) is 6.04 Å². The highest BCUT2D eigenvalue weighted by atomic mass is 16.5. The lowest BCUT2D eigenvalue weighted by atomic mass is 10.2. The largest absolute Gasteiger partial charge is 0.394 e. The fraction of sp³-hybridized carbons (Fsp3) is 0.500. The van der Waals surface area contributed by atoms with E-state index in [0.29, 0.717) is 5.84 Å². The van der Waals surface area contributed by atoms with Crippen LogP contribution in [0.15, 0.2) is 9.98 Å². The molecule has 8 nitrogen and oxygen atoms in total. The van der Waals surface area contributed by atoms with Crippen LogP contribution < -0.4 is 5.32 Å². The van der Waals surface area contributed by atoms with Crippen LogP contribution in [0.3, 0.4) is 0 Å². The van der Waals surface area contributed by atoms with Gasteiger partial charge in [-0.1, -0.05) is 0 Å². The zero-order chi connectivity index (χ0) is 12.4. The zero-order valence-electron chi connectivity index (χ0n) is 9.25. The van der Waals surface area contributed by atoms with Crippen molar-refractivity contribution in [3.05, 3.63) is 0 Å². The van der Waals surface area contributed by atoms with Gasteiger partial charge in [0, 0.05) is 0 Å². The second-order valence-electron chi connectivity index (χ2n) is 3.13. The number of guanidine groups is 1. The molecule has 0 fully saturated rings. The molecule has 2 rings (SSSR count). The number of aliphatic hydroxyl groups excluding tert-OH is 1. The maximum Gasteiger partial charge on any atom is 0.259 e. The van der Waals surface area contributed by atoms with Crippen LogP contribution in [0.1, 0.15) is 1.37 Å². The van der Waals surface area contributed by atoms with Gasteiger partial charge in [0.2, 0.25) is 5.96 Å². The molecule has 0 saturated carbocycles. The van der Waals surface area contributed by atoms with Gasteiger partial charge in [0.25, 0.3) is 5.91 Å². The van der Waals surface area contributed by atoms with Crippen molar-refractivity contribution in [2.24, 2.45) is 9.98 Å². The van der Waals surface area contributed by atoms with E-state index in [2.05, 4.69) is 15.3 Å². The van der Waals surface area contributed by atoms with E-state index in [1.165, 1.54) is 11.2 Å². The molecule has 0 aromatic carbocycles. The third kappa shape index (κ3) is 1.92. The minimum absolute atomic E-state index is 0.0231. The van der Waals surface area contributed by atoms with Gasteiger partial charge >= 0.3 is 0 Å². The Morgan fingerprint density at radius 2 is 2.62 bits per heavy atom. The molecule has 0 aromatic rings. The number of fused-ring (bicyclic) bond motifs is 1. The Morgan fingerprint density at radius 3 is 3.38 bits per heavy atom. The van der Waals surface area contributed by atoms with Crippen molar-refractivity contribution in [1.82, 2.24) is 10.2 Å². The Balaban J connectivity index is 1.99. The standard InChI is InChI=1S/C8H11N5O3/c9-8-11-6-5(7(15)12-8)10-3-13(6)4-16-2-1-14/h3,5,14H,1-2,4H2,(H2,9,12,15)/i1T. The lowest BCUT2D eigenvalue weighted by molar-refractivity contribution is -0.119. The van der Waals surface area contributed by atoms with Crippen LogP contribution in [0.4, 0.5) is 0 Å². The molecule has 8 heteroatoms. The van der Waals surface area contributed by atoms with Gasteiger partial charge in [0.1, 0.15) is 12.6 Å². The van der Waals surface area contributed by atoms with Gasteiger partial charge in [-0.25, -0.2) is 0 Å². The lowest BCUT2D eigenvalue weighted by Crippen LogP contribution is -2.49. The van der Waals surface area contributed by atoms with Crippen LogP contribution in [-0.2, 0) is 9.53 Å². The monoisotopic (exact) mass is 227 g/mol. The Kier molecular flexibility index (Phi) is 2.58. The van der Waals surface area contributed by atoms with Crippen molar-refractivity contribution in [3.8, 4) is 0 Å². The van der Waals surface area contributed by atoms with E-state index < -0.39 is 18.5 Å². The zero-order valence-corrected chi connectivity index (χ0v) is 8.25. The number of aliphatic imine (C=N–C) groups is 2. The molecule has 2 aliphatic rings. The molecule has 0 saturated heterocycles. The van der Waals surface area contributed by atoms with E-state index in [0.717, 1.165) is 0 Å². The molecule has 86 valence electrons. The number of carbonyl (C=O) groups is 1. The number of aliphatic hydroxyl groups is 1. The first-order chi connectivity index (χ1) is 8.08. The summed E-state index contributed by atoms with van der Waals surface area (Å²) in [5, 5.41) is 18.2. The first kappa shape index (κ1) is 9.43. The summed E-state index contributed by atoms with van der Waals surface area (Å²) in [5.41, 5.74) is 0. The maximum atomic E-state index is 11.4. The van der Waals surface area contributed by atoms with Crippen molar-refractivity contribution >= 4 is 24.0 Å². The van der Waals surface area contributed by atoms with Crippen LogP contribution in [-0.4, -0.2) is 60.0 Å². The quantitative estimate of drug-likeness (QED) is 0.522. The van der Waals surface area contributed by atoms with E-state index in [1.807, 2.05) is 0 Å². The Labute approximate surface area is 92.5 Å². The first-order valence-corrected chi connectivity index (χ1v) is 4.54. The highest BCUT2D eigenvalue weighted by molar-refractivity contribution is 6.23. The number of rotatable bonds is 4. The molecule has 3 N–H and O–H groups in total. The minimum atomic E-state index is -1.31. The molecule has 2 aliphatic heterocycles. The summed E-state index contributed by atoms with van der Waals surface area (Å²) in [7, 11) is 0. The van der Waals surface area contributed by atoms with Gasteiger partial charge in [-0.15, -0.1) is 0 Å². The third-order valence-electron chi connectivity index (χ3n) is 2.03. The number of nitrogens with one attached hydrogen (secondary N) is 2. The minimum Gasteiger partial charge on any atom is -0.394 e. The van der Waals surface area contributed by atoms with Crippen molar-refractivity contribution in [1.29, 1.82) is 5.41 Å². The summed E-state index contributed by atoms with van der Waals surface area (Å²) in [4.78, 5) is 20.7. The number of hydrogen-bond donors (Lipinski definition) is 3. The van der Waals surface area contributed by atoms with Crippen LogP contribution in [0.5, 0.6) is 0 Å². The summed E-state index contributed by atoms with van der Waals surface area (Å²) >= 11 is 0. The van der Waals surface area contributed by atoms with Gasteiger partial charge < -0.3 is 9.84 Å². The van der Waals surface area contributed by atoms with Gasteiger partial charge in [-0.05, 0) is 0 Å². The molecule has 0 bridgehead atoms. The topological polar surface area (TPSA) is 110 Å². The number of amides is 1. The summed E-state index contributed by atoms with van der Waals surface area (Å²) in [5.74, 6) is -0.324. The number of amidine groups is 1. The van der Waals surface area contributed by atoms with E-state index in [9.17, 15) is 4.79 Å². The third-order valence-corrected chi connectivity index (χ3v) is 2.03. The Bertz CT molecular complexity index is 408. The number of nitrogens with zero attached hydrogens (tertiary/aromatic N) is 3. The fourth-order valence-electron chi connectivity index (χ4n) is 1.37. The second-order valence-corrected chi connectivity index (χ2v) is 3.13. The van der Waals surface area contributed by atoms with Crippen LogP contribution in [0, 0.1) is 5.41 Å². The SMILES string of the molecule is [3H]C(O)COCN1C=NC2C(=O)NC(=N)N=C21. The molecule has 2 atom stereocenters. The highest BCUT2D eigenvalue weighted by Crippen LogP contribution is 2.11. The summed E-state index contributed by atoms with van der Waals surface area (Å²) < 4.78 is 11.9. The van der Waals surface area contributed by atoms with Crippen molar-refractivity contribution < 1.29 is 16.0 Å². The molecule has 0 spiro atoms. The van der Waals surface area contributed by atoms with Gasteiger partial charge in [0.05, 0.1) is 20.9 Å². The average Bonchev–Trinajstić information content (AvgIpc) is 2.61. The van der Waals surface area contributed by atoms with Crippen LogP contribution >= 0.6 is 0 Å². The smallest absolute Gasteiger partial charge is 0.259 e. The normalized spacial score (nSPS) is 26.1. The molecule has 2 heterocycles. The lowest BCUT2D eigenvalue weighted by Gasteiger charge is -2.21. The number of ether oxygens (including phenoxy) is 1. The van der Waals surface area contributed by atoms with E-state index in [4.69, 9.17) is 16.6 Å². The molecular formula is C8H11N5O3. The van der Waals surface area contributed by atoms with E-state index in [1.54, 1.807) is 0 Å². The van der Waals surface area contributed by atoms with Gasteiger partial charge in [-0.3, -0.25) is 25.4 Å². The Hall–Kier alpha value is -1.80. The maximum absolute atomic E-state index is 11.4. The predicted octanol–water partition coefficient (Wildman–Crippen LogP) is -1.87. The van der Waals surface area contributed by atoms with Crippen molar-refractivity contribution in [2.75, 3.05) is 19.9 Å². The fourth-order valence-corrected chi connectivity index (χ4v) is 1.37. The second kappa shape index (κ2) is 4.37.